The van der Waals surface area contributed by atoms with Crippen LogP contribution in [0.3, 0.4) is 0 Å². The minimum atomic E-state index is 0.126. The Morgan fingerprint density at radius 2 is 2.21 bits per heavy atom. The SMILES string of the molecule is CN(C)CCC(=O)NC1CCCC1N. The van der Waals surface area contributed by atoms with E-state index in [4.69, 9.17) is 5.73 Å². The summed E-state index contributed by atoms with van der Waals surface area (Å²) >= 11 is 0. The highest BCUT2D eigenvalue weighted by atomic mass is 16.1. The predicted octanol–water partition coefficient (Wildman–Crippen LogP) is -0.0659. The number of amides is 1. The molecule has 1 saturated carbocycles. The molecule has 0 radical (unpaired) electrons. The molecular formula is C10H21N3O. The van der Waals surface area contributed by atoms with Gasteiger partial charge in [-0.25, -0.2) is 0 Å². The van der Waals surface area contributed by atoms with Crippen molar-refractivity contribution in [3.8, 4) is 0 Å². The van der Waals surface area contributed by atoms with E-state index in [9.17, 15) is 4.79 Å². The maximum atomic E-state index is 11.5. The molecule has 14 heavy (non-hydrogen) atoms. The fraction of sp³-hybridized carbons (Fsp3) is 0.900. The van der Waals surface area contributed by atoms with Gasteiger partial charge in [0.2, 0.25) is 5.91 Å². The fourth-order valence-electron chi connectivity index (χ4n) is 1.77. The van der Waals surface area contributed by atoms with Crippen LogP contribution in [0.5, 0.6) is 0 Å². The summed E-state index contributed by atoms with van der Waals surface area (Å²) < 4.78 is 0. The first kappa shape index (κ1) is 11.5. The highest BCUT2D eigenvalue weighted by Gasteiger charge is 2.24. The van der Waals surface area contributed by atoms with Gasteiger partial charge >= 0.3 is 0 Å². The molecule has 2 unspecified atom stereocenters. The zero-order chi connectivity index (χ0) is 10.6. The highest BCUT2D eigenvalue weighted by Crippen LogP contribution is 2.16. The first-order chi connectivity index (χ1) is 6.59. The van der Waals surface area contributed by atoms with Crippen LogP contribution in [0.15, 0.2) is 0 Å². The average Bonchev–Trinajstić information content (AvgIpc) is 2.49. The first-order valence-electron chi connectivity index (χ1n) is 5.29. The molecule has 1 fully saturated rings. The van der Waals surface area contributed by atoms with Crippen LogP contribution in [0.2, 0.25) is 0 Å². The minimum absolute atomic E-state index is 0.126. The van der Waals surface area contributed by atoms with Crippen molar-refractivity contribution in [3.05, 3.63) is 0 Å². The lowest BCUT2D eigenvalue weighted by atomic mass is 10.2. The highest BCUT2D eigenvalue weighted by molar-refractivity contribution is 5.76. The average molecular weight is 199 g/mol. The van der Waals surface area contributed by atoms with Gasteiger partial charge in [-0.15, -0.1) is 0 Å². The van der Waals surface area contributed by atoms with Crippen LogP contribution in [-0.2, 0) is 4.79 Å². The number of hydrogen-bond acceptors (Lipinski definition) is 3. The van der Waals surface area contributed by atoms with Crippen molar-refractivity contribution >= 4 is 5.91 Å². The maximum Gasteiger partial charge on any atom is 0.221 e. The van der Waals surface area contributed by atoms with E-state index >= 15 is 0 Å². The molecule has 2 atom stereocenters. The van der Waals surface area contributed by atoms with E-state index in [0.717, 1.165) is 25.8 Å². The van der Waals surface area contributed by atoms with Gasteiger partial charge in [-0.1, -0.05) is 0 Å². The lowest BCUT2D eigenvalue weighted by molar-refractivity contribution is -0.122. The molecular weight excluding hydrogens is 178 g/mol. The second kappa shape index (κ2) is 5.32. The second-order valence-corrected chi connectivity index (χ2v) is 4.32. The molecule has 0 bridgehead atoms. The standard InChI is InChI=1S/C10H21N3O/c1-13(2)7-6-10(14)12-9-5-3-4-8(9)11/h8-9H,3-7,11H2,1-2H3,(H,12,14). The molecule has 82 valence electrons. The van der Waals surface area contributed by atoms with Crippen molar-refractivity contribution in [2.24, 2.45) is 5.73 Å². The molecule has 0 saturated heterocycles. The van der Waals surface area contributed by atoms with E-state index in [0.29, 0.717) is 6.42 Å². The quantitative estimate of drug-likeness (QED) is 0.666. The molecule has 4 heteroatoms. The zero-order valence-corrected chi connectivity index (χ0v) is 9.12. The van der Waals surface area contributed by atoms with E-state index in [1.807, 2.05) is 19.0 Å². The van der Waals surface area contributed by atoms with Gasteiger partial charge in [0.15, 0.2) is 0 Å². The van der Waals surface area contributed by atoms with Gasteiger partial charge in [-0.3, -0.25) is 4.79 Å². The number of carbonyl (C=O) groups excluding carboxylic acids is 1. The molecule has 0 heterocycles. The zero-order valence-electron chi connectivity index (χ0n) is 9.12. The number of carbonyl (C=O) groups is 1. The Kier molecular flexibility index (Phi) is 4.35. The summed E-state index contributed by atoms with van der Waals surface area (Å²) in [6.07, 6.45) is 3.78. The molecule has 3 N–H and O–H groups in total. The Balaban J connectivity index is 2.19. The van der Waals surface area contributed by atoms with Crippen molar-refractivity contribution < 1.29 is 4.79 Å². The van der Waals surface area contributed by atoms with E-state index in [-0.39, 0.29) is 18.0 Å². The van der Waals surface area contributed by atoms with Crippen molar-refractivity contribution in [3.63, 3.8) is 0 Å². The topological polar surface area (TPSA) is 58.4 Å². The number of rotatable bonds is 4. The molecule has 4 nitrogen and oxygen atoms in total. The molecule has 1 aliphatic carbocycles. The Morgan fingerprint density at radius 3 is 2.71 bits per heavy atom. The monoisotopic (exact) mass is 199 g/mol. The van der Waals surface area contributed by atoms with Crippen LogP contribution in [0.4, 0.5) is 0 Å². The third-order valence-corrected chi connectivity index (χ3v) is 2.70. The van der Waals surface area contributed by atoms with Crippen LogP contribution >= 0.6 is 0 Å². The van der Waals surface area contributed by atoms with Crippen molar-refractivity contribution in [2.45, 2.75) is 37.8 Å². The Hall–Kier alpha value is -0.610. The minimum Gasteiger partial charge on any atom is -0.352 e. The van der Waals surface area contributed by atoms with Crippen LogP contribution in [0, 0.1) is 0 Å². The summed E-state index contributed by atoms with van der Waals surface area (Å²) in [4.78, 5) is 13.5. The second-order valence-electron chi connectivity index (χ2n) is 4.32. The molecule has 0 aromatic carbocycles. The largest absolute Gasteiger partial charge is 0.352 e. The summed E-state index contributed by atoms with van der Waals surface area (Å²) in [6.45, 7) is 0.799. The normalized spacial score (nSPS) is 26.9. The maximum absolute atomic E-state index is 11.5. The van der Waals surface area contributed by atoms with Gasteiger partial charge in [0.05, 0.1) is 0 Å². The smallest absolute Gasteiger partial charge is 0.221 e. The summed E-state index contributed by atoms with van der Waals surface area (Å²) in [5.74, 6) is 0.126. The van der Waals surface area contributed by atoms with Gasteiger partial charge in [-0.2, -0.15) is 0 Å². The van der Waals surface area contributed by atoms with E-state index in [1.165, 1.54) is 0 Å². The first-order valence-corrected chi connectivity index (χ1v) is 5.29. The summed E-state index contributed by atoms with van der Waals surface area (Å²) in [7, 11) is 3.93. The Morgan fingerprint density at radius 1 is 1.50 bits per heavy atom. The lowest BCUT2D eigenvalue weighted by Gasteiger charge is -2.17. The van der Waals surface area contributed by atoms with Crippen LogP contribution in [0.25, 0.3) is 0 Å². The van der Waals surface area contributed by atoms with E-state index in [2.05, 4.69) is 5.32 Å². The van der Waals surface area contributed by atoms with Gasteiger partial charge in [0, 0.05) is 25.0 Å². The molecule has 0 aromatic heterocycles. The van der Waals surface area contributed by atoms with E-state index < -0.39 is 0 Å². The lowest BCUT2D eigenvalue weighted by Crippen LogP contribution is -2.44. The number of hydrogen-bond donors (Lipinski definition) is 2. The van der Waals surface area contributed by atoms with Crippen molar-refractivity contribution in [1.82, 2.24) is 10.2 Å². The Labute approximate surface area is 85.8 Å². The molecule has 0 aromatic rings. The molecule has 1 aliphatic rings. The van der Waals surface area contributed by atoms with Gasteiger partial charge in [0.25, 0.3) is 0 Å². The van der Waals surface area contributed by atoms with Crippen LogP contribution < -0.4 is 11.1 Å². The van der Waals surface area contributed by atoms with Crippen molar-refractivity contribution in [1.29, 1.82) is 0 Å². The summed E-state index contributed by atoms with van der Waals surface area (Å²) in [5.41, 5.74) is 5.86. The number of nitrogens with one attached hydrogen (secondary N) is 1. The van der Waals surface area contributed by atoms with Gasteiger partial charge in [0.1, 0.15) is 0 Å². The molecule has 1 rings (SSSR count). The third-order valence-electron chi connectivity index (χ3n) is 2.70. The summed E-state index contributed by atoms with van der Waals surface area (Å²) in [5, 5.41) is 2.99. The third kappa shape index (κ3) is 3.64. The van der Waals surface area contributed by atoms with Crippen molar-refractivity contribution in [2.75, 3.05) is 20.6 Å². The van der Waals surface area contributed by atoms with E-state index in [1.54, 1.807) is 0 Å². The van der Waals surface area contributed by atoms with Crippen LogP contribution in [0.1, 0.15) is 25.7 Å². The molecule has 0 aliphatic heterocycles. The number of nitrogens with zero attached hydrogens (tertiary/aromatic N) is 1. The molecule has 1 amide bonds. The van der Waals surface area contributed by atoms with Gasteiger partial charge in [-0.05, 0) is 33.4 Å². The van der Waals surface area contributed by atoms with Crippen LogP contribution in [-0.4, -0.2) is 43.5 Å². The fourth-order valence-corrected chi connectivity index (χ4v) is 1.77. The summed E-state index contributed by atoms with van der Waals surface area (Å²) in [6, 6.07) is 0.378. The Bertz CT molecular complexity index is 194. The van der Waals surface area contributed by atoms with Gasteiger partial charge < -0.3 is 16.0 Å². The predicted molar refractivity (Wildman–Crippen MR) is 56.9 cm³/mol. The molecule has 0 spiro atoms. The number of nitrogens with two attached hydrogens (primary N) is 1.